The van der Waals surface area contributed by atoms with E-state index in [2.05, 4.69) is 65.6 Å². The van der Waals surface area contributed by atoms with Crippen molar-refractivity contribution in [1.29, 1.82) is 0 Å². The summed E-state index contributed by atoms with van der Waals surface area (Å²) in [6.07, 6.45) is 1.99. The summed E-state index contributed by atoms with van der Waals surface area (Å²) < 4.78 is 39.5. The first kappa shape index (κ1) is 33.2. The highest BCUT2D eigenvalue weighted by atomic mass is 32.1. The van der Waals surface area contributed by atoms with Crippen molar-refractivity contribution in [2.45, 2.75) is 27.7 Å². The minimum absolute atomic E-state index is 0.485. The van der Waals surface area contributed by atoms with E-state index in [1.807, 2.05) is 93.6 Å². The van der Waals surface area contributed by atoms with E-state index in [0.29, 0.717) is 22.7 Å². The number of para-hydroxylation sites is 2. The number of fused-ring (bicyclic) bond motifs is 1. The van der Waals surface area contributed by atoms with Crippen LogP contribution in [0.2, 0.25) is 0 Å². The van der Waals surface area contributed by atoms with Gasteiger partial charge in [0.05, 0.1) is 17.4 Å². The molecule has 1 aliphatic rings. The molecule has 254 valence electrons. The van der Waals surface area contributed by atoms with Crippen LogP contribution in [0.1, 0.15) is 36.4 Å². The molecule has 0 saturated carbocycles. The molecule has 0 N–H and O–H groups in total. The van der Waals surface area contributed by atoms with Gasteiger partial charge in [0, 0.05) is 50.9 Å². The Morgan fingerprint density at radius 1 is 0.654 bits per heavy atom. The summed E-state index contributed by atoms with van der Waals surface area (Å²) in [7, 11) is -2.68. The van der Waals surface area contributed by atoms with E-state index in [4.69, 9.17) is 13.7 Å². The molecule has 0 amide bonds. The first-order chi connectivity index (χ1) is 25.3. The predicted molar refractivity (Wildman–Crippen MR) is 213 cm³/mol. The molecule has 0 atom stereocenters. The summed E-state index contributed by atoms with van der Waals surface area (Å²) in [4.78, 5) is 7.04. The van der Waals surface area contributed by atoms with Gasteiger partial charge < -0.3 is 9.38 Å². The van der Waals surface area contributed by atoms with Crippen LogP contribution in [0.15, 0.2) is 150 Å². The summed E-state index contributed by atoms with van der Waals surface area (Å²) >= 11 is 1.19. The fourth-order valence-electron chi connectivity index (χ4n) is 7.24. The maximum atomic E-state index is 14.5. The van der Waals surface area contributed by atoms with Crippen molar-refractivity contribution < 1.29 is 8.63 Å². The zero-order valence-corrected chi connectivity index (χ0v) is 30.0. The molecule has 0 radical (unpaired) electrons. The molecule has 0 aliphatic carbocycles. The first-order valence-electron chi connectivity index (χ1n) is 17.1. The highest BCUT2D eigenvalue weighted by Gasteiger charge is 2.29. The third kappa shape index (κ3) is 5.97. The molecule has 0 fully saturated rings. The number of nitrogens with zero attached hydrogens (tertiary/aromatic N) is 5. The molecule has 0 unspecified atom stereocenters. The Kier molecular flexibility index (Phi) is 8.73. The minimum Gasteiger partial charge on any atom is -0.329 e. The van der Waals surface area contributed by atoms with Gasteiger partial charge in [-0.3, -0.25) is 13.6 Å². The Morgan fingerprint density at radius 3 is 1.67 bits per heavy atom. The molecule has 7 aromatic rings. The molecule has 52 heavy (non-hydrogen) atoms. The summed E-state index contributed by atoms with van der Waals surface area (Å²) in [5.41, 5.74) is 14.6. The number of hydrogen-bond donors (Lipinski definition) is 0. The number of anilines is 3. The van der Waals surface area contributed by atoms with E-state index in [0.717, 1.165) is 77.2 Å². The van der Waals surface area contributed by atoms with Crippen LogP contribution in [0.3, 0.4) is 0 Å². The van der Waals surface area contributed by atoms with E-state index in [1.165, 1.54) is 11.7 Å². The molecule has 2 aromatic heterocycles. The van der Waals surface area contributed by atoms with Crippen LogP contribution in [0.5, 0.6) is 0 Å². The maximum Gasteiger partial charge on any atom is 0.677 e. The number of aliphatic imine (C=N–C) groups is 1. The third-order valence-electron chi connectivity index (χ3n) is 9.54. The van der Waals surface area contributed by atoms with Gasteiger partial charge in [-0.25, -0.2) is 0 Å². The zero-order valence-electron chi connectivity index (χ0n) is 29.2. The maximum absolute atomic E-state index is 14.5. The Balaban J connectivity index is 1.16. The summed E-state index contributed by atoms with van der Waals surface area (Å²) in [6.45, 7) is 7.50. The molecule has 3 heterocycles. The van der Waals surface area contributed by atoms with Gasteiger partial charge in [0.2, 0.25) is 0 Å². The quantitative estimate of drug-likeness (QED) is 0.148. The average molecular weight is 702 g/mol. The fraction of sp³-hybridized carbons (Fsp3) is 0.0930. The number of halogens is 2. The SMILES string of the molecule is CC1=CC(C)=N/C1=C(/c1ccc(-c2ccc(-c3ccc(N(c4ccccc4)c4ccccc4)cc3)c3nsnc23)cc1)c1c(C)cc(C)n1B(F)F. The number of benzene rings is 5. The largest absolute Gasteiger partial charge is 0.677 e. The summed E-state index contributed by atoms with van der Waals surface area (Å²) in [5, 5.41) is 0. The smallest absolute Gasteiger partial charge is 0.329 e. The van der Waals surface area contributed by atoms with Crippen molar-refractivity contribution >= 4 is 58.5 Å². The first-order valence-corrected chi connectivity index (χ1v) is 17.8. The molecule has 1 aliphatic heterocycles. The molecular weight excluding hydrogens is 667 g/mol. The van der Waals surface area contributed by atoms with Gasteiger partial charge >= 0.3 is 7.40 Å². The number of aromatic nitrogens is 3. The monoisotopic (exact) mass is 701 g/mol. The average Bonchev–Trinajstić information content (AvgIpc) is 3.86. The molecular formula is C43H34BF2N5S. The van der Waals surface area contributed by atoms with Crippen LogP contribution in [0, 0.1) is 13.8 Å². The van der Waals surface area contributed by atoms with Gasteiger partial charge in [0.15, 0.2) is 0 Å². The molecule has 8 rings (SSSR count). The van der Waals surface area contributed by atoms with E-state index < -0.39 is 7.40 Å². The van der Waals surface area contributed by atoms with Crippen LogP contribution in [0.25, 0.3) is 38.9 Å². The van der Waals surface area contributed by atoms with Crippen molar-refractivity contribution in [2.75, 3.05) is 4.90 Å². The van der Waals surface area contributed by atoms with Crippen LogP contribution < -0.4 is 4.90 Å². The number of hydrogen-bond acceptors (Lipinski definition) is 5. The third-order valence-corrected chi connectivity index (χ3v) is 10.1. The van der Waals surface area contributed by atoms with Gasteiger partial charge in [-0.1, -0.05) is 84.9 Å². The van der Waals surface area contributed by atoms with Crippen LogP contribution in [0.4, 0.5) is 25.7 Å². The lowest BCUT2D eigenvalue weighted by Crippen LogP contribution is -2.18. The number of allylic oxidation sites excluding steroid dienone is 2. The van der Waals surface area contributed by atoms with E-state index in [1.54, 1.807) is 6.92 Å². The molecule has 0 spiro atoms. The highest BCUT2D eigenvalue weighted by Crippen LogP contribution is 2.40. The van der Waals surface area contributed by atoms with Gasteiger partial charge in [0.1, 0.15) is 11.0 Å². The van der Waals surface area contributed by atoms with Crippen molar-refractivity contribution in [3.63, 3.8) is 0 Å². The van der Waals surface area contributed by atoms with Crippen molar-refractivity contribution in [2.24, 2.45) is 4.99 Å². The Morgan fingerprint density at radius 2 is 1.17 bits per heavy atom. The van der Waals surface area contributed by atoms with Gasteiger partial charge in [-0.05, 0) is 104 Å². The Hall–Kier alpha value is -5.93. The second-order valence-electron chi connectivity index (χ2n) is 13.0. The minimum atomic E-state index is -2.68. The van der Waals surface area contributed by atoms with Gasteiger partial charge in [0.25, 0.3) is 0 Å². The molecule has 5 aromatic carbocycles. The standard InChI is InChI=1S/C43H34BF2N5S/c1-27-25-29(3)47-40(27)39(43-28(2)26-30(4)51(43)44(45)46)33-17-15-31(16-18-33)37-23-24-38(42-41(37)48-52-49-42)32-19-21-36(22-20-32)50(34-11-7-5-8-12-34)35-13-9-6-10-14-35/h5-26H,1-4H3/b40-39-. The van der Waals surface area contributed by atoms with Crippen molar-refractivity contribution in [3.8, 4) is 22.3 Å². The van der Waals surface area contributed by atoms with Gasteiger partial charge in [-0.2, -0.15) is 8.75 Å². The van der Waals surface area contributed by atoms with Crippen LogP contribution >= 0.6 is 11.7 Å². The predicted octanol–water partition coefficient (Wildman–Crippen LogP) is 11.9. The van der Waals surface area contributed by atoms with E-state index >= 15 is 0 Å². The highest BCUT2D eigenvalue weighted by molar-refractivity contribution is 7.00. The molecule has 0 saturated heterocycles. The normalized spacial score (nSPS) is 13.7. The fourth-order valence-corrected chi connectivity index (χ4v) is 7.82. The Labute approximate surface area is 306 Å². The topological polar surface area (TPSA) is 46.3 Å². The molecule has 0 bridgehead atoms. The lowest BCUT2D eigenvalue weighted by Gasteiger charge is -2.25. The van der Waals surface area contributed by atoms with Crippen molar-refractivity contribution in [1.82, 2.24) is 13.2 Å². The lowest BCUT2D eigenvalue weighted by molar-refractivity contribution is 0.624. The van der Waals surface area contributed by atoms with E-state index in [9.17, 15) is 8.63 Å². The Bertz CT molecular complexity index is 2480. The number of rotatable bonds is 8. The summed E-state index contributed by atoms with van der Waals surface area (Å²) in [5.74, 6) is 0. The van der Waals surface area contributed by atoms with Crippen LogP contribution in [-0.4, -0.2) is 26.3 Å². The molecule has 9 heteroatoms. The summed E-state index contributed by atoms with van der Waals surface area (Å²) in [6, 6.07) is 43.3. The number of aryl methyl sites for hydroxylation is 2. The molecule has 5 nitrogen and oxygen atoms in total. The van der Waals surface area contributed by atoms with Gasteiger partial charge in [-0.15, -0.1) is 0 Å². The van der Waals surface area contributed by atoms with E-state index in [-0.39, 0.29) is 0 Å². The van der Waals surface area contributed by atoms with Crippen molar-refractivity contribution in [3.05, 3.63) is 167 Å². The second-order valence-corrected chi connectivity index (χ2v) is 13.6. The zero-order chi connectivity index (χ0) is 35.9. The second kappa shape index (κ2) is 13.7. The lowest BCUT2D eigenvalue weighted by atomic mass is 9.92. The van der Waals surface area contributed by atoms with Crippen LogP contribution in [-0.2, 0) is 0 Å².